The first kappa shape index (κ1) is 9.64. The van der Waals surface area contributed by atoms with Gasteiger partial charge in [-0.15, -0.1) is 6.42 Å². The molecule has 0 saturated heterocycles. The zero-order chi connectivity index (χ0) is 8.36. The van der Waals surface area contributed by atoms with Gasteiger partial charge in [0.15, 0.2) is 0 Å². The first-order chi connectivity index (χ1) is 5.41. The lowest BCUT2D eigenvalue weighted by atomic mass is 10.3. The number of rotatable bonds is 1. The van der Waals surface area contributed by atoms with E-state index in [1.54, 1.807) is 0 Å². The highest BCUT2D eigenvalue weighted by Crippen LogP contribution is 1.75. The van der Waals surface area contributed by atoms with E-state index in [-0.39, 0.29) is 6.61 Å². The first-order valence-electron chi connectivity index (χ1n) is 3.37. The van der Waals surface area contributed by atoms with Crippen molar-refractivity contribution in [1.29, 1.82) is 0 Å². The molecule has 1 heteroatoms. The minimum atomic E-state index is 0.116. The summed E-state index contributed by atoms with van der Waals surface area (Å²) in [6.07, 6.45) is 6.53. The topological polar surface area (TPSA) is 20.2 Å². The Morgan fingerprint density at radius 2 is 1.64 bits per heavy atom. The largest absolute Gasteiger partial charge is 0.395 e. The summed E-state index contributed by atoms with van der Waals surface area (Å²) in [5.41, 5.74) is 0. The minimum absolute atomic E-state index is 0.116. The summed E-state index contributed by atoms with van der Waals surface area (Å²) in [5, 5.41) is 8.34. The van der Waals surface area contributed by atoms with E-state index < -0.39 is 0 Å². The molecule has 0 spiro atoms. The van der Waals surface area contributed by atoms with Crippen molar-refractivity contribution in [3.8, 4) is 36.0 Å². The fraction of sp³-hybridized carbons (Fsp3) is 0.400. The zero-order valence-corrected chi connectivity index (χ0v) is 6.35. The maximum atomic E-state index is 8.34. The quantitative estimate of drug-likeness (QED) is 0.542. The first-order valence-corrected chi connectivity index (χ1v) is 3.37. The molecule has 1 N–H and O–H groups in total. The molecule has 0 aliphatic rings. The van der Waals surface area contributed by atoms with Gasteiger partial charge < -0.3 is 5.11 Å². The van der Waals surface area contributed by atoms with Crippen LogP contribution in [0.25, 0.3) is 0 Å². The van der Waals surface area contributed by atoms with E-state index in [9.17, 15) is 0 Å². The van der Waals surface area contributed by atoms with Gasteiger partial charge in [0.25, 0.3) is 0 Å². The molecule has 1 nitrogen and oxygen atoms in total. The third-order valence-electron chi connectivity index (χ3n) is 0.854. The van der Waals surface area contributed by atoms with Crippen LogP contribution in [0.1, 0.15) is 19.3 Å². The Labute approximate surface area is 67.8 Å². The lowest BCUT2D eigenvalue weighted by Crippen LogP contribution is -1.75. The molecule has 56 valence electrons. The van der Waals surface area contributed by atoms with Crippen molar-refractivity contribution >= 4 is 0 Å². The summed E-state index contributed by atoms with van der Waals surface area (Å²) in [6, 6.07) is 0. The van der Waals surface area contributed by atoms with E-state index in [0.29, 0.717) is 19.3 Å². The van der Waals surface area contributed by atoms with Crippen LogP contribution in [-0.2, 0) is 0 Å². The van der Waals surface area contributed by atoms with Crippen LogP contribution in [0.2, 0.25) is 0 Å². The fourth-order valence-electron chi connectivity index (χ4n) is 0.427. The molecule has 0 aromatic heterocycles. The van der Waals surface area contributed by atoms with Crippen molar-refractivity contribution in [2.24, 2.45) is 0 Å². The molecule has 0 saturated carbocycles. The van der Waals surface area contributed by atoms with Crippen LogP contribution in [-0.4, -0.2) is 11.7 Å². The monoisotopic (exact) mass is 146 g/mol. The molecule has 0 aliphatic carbocycles. The molecule has 0 amide bonds. The Kier molecular flexibility index (Phi) is 7.57. The third-order valence-corrected chi connectivity index (χ3v) is 0.854. The van der Waals surface area contributed by atoms with Crippen molar-refractivity contribution in [2.45, 2.75) is 19.3 Å². The summed E-state index contributed by atoms with van der Waals surface area (Å²) in [4.78, 5) is 0. The Morgan fingerprint density at radius 3 is 2.27 bits per heavy atom. The average molecular weight is 146 g/mol. The highest BCUT2D eigenvalue weighted by molar-refractivity contribution is 5.14. The smallest absolute Gasteiger partial charge is 0.0703 e. The van der Waals surface area contributed by atoms with Gasteiger partial charge in [0, 0.05) is 6.42 Å². The molecule has 0 aromatic rings. The van der Waals surface area contributed by atoms with Crippen molar-refractivity contribution in [3.05, 3.63) is 0 Å². The second-order valence-corrected chi connectivity index (χ2v) is 1.74. The molecule has 0 radical (unpaired) electrons. The predicted molar refractivity (Wildman–Crippen MR) is 45.3 cm³/mol. The van der Waals surface area contributed by atoms with E-state index in [0.717, 1.165) is 0 Å². The molecule has 0 aliphatic heterocycles. The lowest BCUT2D eigenvalue weighted by molar-refractivity contribution is 0.305. The van der Waals surface area contributed by atoms with Crippen molar-refractivity contribution in [1.82, 2.24) is 0 Å². The number of hydrogen-bond donors (Lipinski definition) is 1. The number of aliphatic hydroxyl groups excluding tert-OH is 1. The lowest BCUT2D eigenvalue weighted by Gasteiger charge is -1.75. The second-order valence-electron chi connectivity index (χ2n) is 1.74. The van der Waals surface area contributed by atoms with Crippen molar-refractivity contribution in [3.63, 3.8) is 0 Å². The Bertz CT molecular complexity index is 236. The van der Waals surface area contributed by atoms with E-state index >= 15 is 0 Å². The van der Waals surface area contributed by atoms with Crippen LogP contribution in [0, 0.1) is 36.0 Å². The van der Waals surface area contributed by atoms with Crippen molar-refractivity contribution < 1.29 is 5.11 Å². The third kappa shape index (κ3) is 8.64. The maximum absolute atomic E-state index is 8.34. The summed E-state index contributed by atoms with van der Waals surface area (Å²) in [7, 11) is 0. The van der Waals surface area contributed by atoms with Gasteiger partial charge >= 0.3 is 0 Å². The number of hydrogen-bond acceptors (Lipinski definition) is 1. The molecule has 0 heterocycles. The van der Waals surface area contributed by atoms with Crippen LogP contribution >= 0.6 is 0 Å². The highest BCUT2D eigenvalue weighted by atomic mass is 16.2. The van der Waals surface area contributed by atoms with E-state index in [1.165, 1.54) is 0 Å². The van der Waals surface area contributed by atoms with Crippen LogP contribution in [0.3, 0.4) is 0 Å². The van der Waals surface area contributed by atoms with Crippen molar-refractivity contribution in [2.75, 3.05) is 6.61 Å². The predicted octanol–water partition coefficient (Wildman–Crippen LogP) is 0.789. The Balaban J connectivity index is 3.38. The summed E-state index contributed by atoms with van der Waals surface area (Å²) in [5.74, 6) is 13.5. The van der Waals surface area contributed by atoms with E-state index in [4.69, 9.17) is 11.5 Å². The summed E-state index contributed by atoms with van der Waals surface area (Å²) in [6.45, 7) is 0.116. The van der Waals surface area contributed by atoms with Gasteiger partial charge in [0.1, 0.15) is 0 Å². The van der Waals surface area contributed by atoms with Crippen LogP contribution in [0.15, 0.2) is 0 Å². The molecular weight excluding hydrogens is 136 g/mol. The molecule has 0 aromatic carbocycles. The Hall–Kier alpha value is -1.36. The highest BCUT2D eigenvalue weighted by Gasteiger charge is 1.70. The van der Waals surface area contributed by atoms with Gasteiger partial charge in [0.2, 0.25) is 0 Å². The van der Waals surface area contributed by atoms with Crippen LogP contribution < -0.4 is 0 Å². The fourth-order valence-corrected chi connectivity index (χ4v) is 0.427. The molecule has 11 heavy (non-hydrogen) atoms. The van der Waals surface area contributed by atoms with Gasteiger partial charge in [-0.1, -0.05) is 29.6 Å². The zero-order valence-electron chi connectivity index (χ0n) is 6.35. The van der Waals surface area contributed by atoms with E-state index in [1.807, 2.05) is 0 Å². The van der Waals surface area contributed by atoms with Crippen LogP contribution in [0.5, 0.6) is 0 Å². The summed E-state index contributed by atoms with van der Waals surface area (Å²) < 4.78 is 0. The average Bonchev–Trinajstić information content (AvgIpc) is 2.03. The van der Waals surface area contributed by atoms with Gasteiger partial charge in [-0.2, -0.15) is 0 Å². The van der Waals surface area contributed by atoms with Gasteiger partial charge in [-0.05, 0) is 0 Å². The number of terminal acetylenes is 1. The molecule has 0 fully saturated rings. The number of aliphatic hydroxyl groups is 1. The van der Waals surface area contributed by atoms with E-state index in [2.05, 4.69) is 29.6 Å². The SMILES string of the molecule is C#CCC#CCC#CCCO. The van der Waals surface area contributed by atoms with Crippen LogP contribution in [0.4, 0.5) is 0 Å². The maximum Gasteiger partial charge on any atom is 0.0703 e. The van der Waals surface area contributed by atoms with Gasteiger partial charge in [-0.3, -0.25) is 0 Å². The normalized spacial score (nSPS) is 6.55. The molecule has 0 rings (SSSR count). The van der Waals surface area contributed by atoms with Gasteiger partial charge in [0.05, 0.1) is 19.4 Å². The molecule has 0 atom stereocenters. The minimum Gasteiger partial charge on any atom is -0.395 e. The molecule has 0 unspecified atom stereocenters. The molecule has 0 bridgehead atoms. The summed E-state index contributed by atoms with van der Waals surface area (Å²) >= 11 is 0. The van der Waals surface area contributed by atoms with Gasteiger partial charge in [-0.25, -0.2) is 0 Å². The molecular formula is C10H10O. The Morgan fingerprint density at radius 1 is 1.00 bits per heavy atom. The standard InChI is InChI=1S/C10H10O/c1-2-3-4-5-6-7-8-9-10-11/h1,11H,3,6,9-10H2. The second kappa shape index (κ2) is 8.64.